The fourth-order valence-corrected chi connectivity index (χ4v) is 8.23. The van der Waals surface area contributed by atoms with Crippen molar-refractivity contribution < 1.29 is 0 Å². The van der Waals surface area contributed by atoms with Gasteiger partial charge >= 0.3 is 0 Å². The Hall–Kier alpha value is -4.16. The van der Waals surface area contributed by atoms with Crippen molar-refractivity contribution in [2.45, 2.75) is 89.4 Å². The quantitative estimate of drug-likeness (QED) is 0.188. The highest BCUT2D eigenvalue weighted by Crippen LogP contribution is 2.63. The molecule has 2 aliphatic carbocycles. The Morgan fingerprint density at radius 2 is 1.00 bits per heavy atom. The van der Waals surface area contributed by atoms with Crippen LogP contribution in [0.1, 0.15) is 123 Å². The first-order chi connectivity index (χ1) is 21.9. The number of hydrogen-bond acceptors (Lipinski definition) is 0. The summed E-state index contributed by atoms with van der Waals surface area (Å²) in [6, 6.07) is 44.8. The number of fused-ring (bicyclic) bond motifs is 4. The number of benzene rings is 5. The van der Waals surface area contributed by atoms with Crippen LogP contribution in [0.15, 0.2) is 121 Å². The minimum absolute atomic E-state index is 0.0419. The van der Waals surface area contributed by atoms with Gasteiger partial charge in [-0.05, 0) is 77.9 Å². The molecular formula is C46H48. The lowest BCUT2D eigenvalue weighted by Crippen LogP contribution is -2.40. The SMILES string of the molecule is CC(C)c1ccc2c(c1)C=CC2C(c1ccccc1)(c1ccccc1)C1c2cc(C(C)(C)C)ccc2-c2ccc(C(C)(C)C)cc21. The van der Waals surface area contributed by atoms with Gasteiger partial charge < -0.3 is 0 Å². The minimum atomic E-state index is -0.392. The number of allylic oxidation sites excluding steroid dienone is 1. The van der Waals surface area contributed by atoms with E-state index in [0.717, 1.165) is 0 Å². The van der Waals surface area contributed by atoms with E-state index in [1.54, 1.807) is 0 Å². The first kappa shape index (κ1) is 30.5. The van der Waals surface area contributed by atoms with Crippen LogP contribution in [0, 0.1) is 0 Å². The zero-order chi connectivity index (χ0) is 32.4. The van der Waals surface area contributed by atoms with Crippen LogP contribution < -0.4 is 0 Å². The summed E-state index contributed by atoms with van der Waals surface area (Å²) in [4.78, 5) is 0. The van der Waals surface area contributed by atoms with Crippen LogP contribution in [0.3, 0.4) is 0 Å². The van der Waals surface area contributed by atoms with Crippen molar-refractivity contribution in [3.63, 3.8) is 0 Å². The lowest BCUT2D eigenvalue weighted by molar-refractivity contribution is 0.415. The summed E-state index contributed by atoms with van der Waals surface area (Å²) < 4.78 is 0. The molecule has 5 aromatic carbocycles. The maximum Gasteiger partial charge on any atom is 0.0415 e. The van der Waals surface area contributed by atoms with Crippen LogP contribution in [0.2, 0.25) is 0 Å². The van der Waals surface area contributed by atoms with Crippen LogP contribution in [-0.2, 0) is 16.2 Å². The van der Waals surface area contributed by atoms with E-state index in [1.807, 2.05) is 0 Å². The molecule has 46 heavy (non-hydrogen) atoms. The van der Waals surface area contributed by atoms with Gasteiger partial charge in [0.2, 0.25) is 0 Å². The van der Waals surface area contributed by atoms with E-state index >= 15 is 0 Å². The molecule has 0 spiro atoms. The molecule has 2 aliphatic rings. The maximum absolute atomic E-state index is 2.55. The molecule has 0 heterocycles. The Bertz CT molecular complexity index is 1820. The van der Waals surface area contributed by atoms with Gasteiger partial charge in [0.05, 0.1) is 0 Å². The van der Waals surface area contributed by atoms with Gasteiger partial charge in [-0.25, -0.2) is 0 Å². The molecule has 1 atom stereocenters. The summed E-state index contributed by atoms with van der Waals surface area (Å²) in [6.45, 7) is 18.6. The fourth-order valence-electron chi connectivity index (χ4n) is 8.23. The third-order valence-electron chi connectivity index (χ3n) is 10.8. The Labute approximate surface area is 277 Å². The molecule has 7 rings (SSSR count). The molecule has 0 heteroatoms. The molecule has 0 bridgehead atoms. The summed E-state index contributed by atoms with van der Waals surface area (Å²) in [7, 11) is 0. The molecule has 0 N–H and O–H groups in total. The van der Waals surface area contributed by atoms with Crippen molar-refractivity contribution in [3.8, 4) is 11.1 Å². The van der Waals surface area contributed by atoms with Gasteiger partial charge in [-0.15, -0.1) is 0 Å². The second kappa shape index (κ2) is 11.0. The van der Waals surface area contributed by atoms with Gasteiger partial charge in [-0.2, -0.15) is 0 Å². The molecule has 1 unspecified atom stereocenters. The van der Waals surface area contributed by atoms with E-state index < -0.39 is 5.41 Å². The smallest absolute Gasteiger partial charge is 0.0415 e. The third kappa shape index (κ3) is 4.80. The van der Waals surface area contributed by atoms with Crippen molar-refractivity contribution in [2.75, 3.05) is 0 Å². The summed E-state index contributed by atoms with van der Waals surface area (Å²) in [6.07, 6.45) is 4.92. The lowest BCUT2D eigenvalue weighted by atomic mass is 9.55. The van der Waals surface area contributed by atoms with Crippen LogP contribution in [0.4, 0.5) is 0 Å². The second-order valence-electron chi connectivity index (χ2n) is 16.0. The Morgan fingerprint density at radius 1 is 0.500 bits per heavy atom. The molecule has 0 aliphatic heterocycles. The van der Waals surface area contributed by atoms with Crippen LogP contribution in [-0.4, -0.2) is 0 Å². The Morgan fingerprint density at radius 3 is 1.46 bits per heavy atom. The standard InChI is InChI=1S/C46H48/c1-30(2)31-19-23-37-32(27-31)20-26-42(37)46(33-15-11-9-12-16-33,34-17-13-10-14-18-34)43-40-28-35(44(3,4)5)21-24-38(40)39-25-22-36(29-41(39)43)45(6,7)8/h9-30,42-43H,1-8H3. The molecule has 0 fully saturated rings. The Kier molecular flexibility index (Phi) is 7.28. The van der Waals surface area contributed by atoms with Crippen molar-refractivity contribution in [3.05, 3.63) is 171 Å². The number of rotatable bonds is 5. The summed E-state index contributed by atoms with van der Waals surface area (Å²) in [5.41, 5.74) is 15.0. The van der Waals surface area contributed by atoms with Crippen LogP contribution in [0.5, 0.6) is 0 Å². The zero-order valence-corrected chi connectivity index (χ0v) is 28.9. The third-order valence-corrected chi connectivity index (χ3v) is 10.8. The normalized spacial score (nSPS) is 16.1. The molecule has 0 amide bonds. The van der Waals surface area contributed by atoms with Gasteiger partial charge in [0.25, 0.3) is 0 Å². The van der Waals surface area contributed by atoms with Gasteiger partial charge in [0.1, 0.15) is 0 Å². The first-order valence-electron chi connectivity index (χ1n) is 17.1. The molecule has 0 aromatic heterocycles. The van der Waals surface area contributed by atoms with E-state index in [4.69, 9.17) is 0 Å². The van der Waals surface area contributed by atoms with E-state index in [9.17, 15) is 0 Å². The zero-order valence-electron chi connectivity index (χ0n) is 28.9. The minimum Gasteiger partial charge on any atom is -0.0751 e. The van der Waals surface area contributed by atoms with Gasteiger partial charge in [0.15, 0.2) is 0 Å². The summed E-state index contributed by atoms with van der Waals surface area (Å²) in [5, 5.41) is 0. The molecular weight excluding hydrogens is 553 g/mol. The predicted molar refractivity (Wildman–Crippen MR) is 197 cm³/mol. The van der Waals surface area contributed by atoms with E-state index in [0.29, 0.717) is 5.92 Å². The summed E-state index contributed by atoms with van der Waals surface area (Å²) >= 11 is 0. The molecule has 5 aromatic rings. The molecule has 0 saturated heterocycles. The van der Waals surface area contributed by atoms with Crippen molar-refractivity contribution >= 4 is 6.08 Å². The molecule has 0 saturated carbocycles. The average molecular weight is 601 g/mol. The maximum atomic E-state index is 2.55. The summed E-state index contributed by atoms with van der Waals surface area (Å²) in [5.74, 6) is 0.747. The first-order valence-corrected chi connectivity index (χ1v) is 17.1. The largest absolute Gasteiger partial charge is 0.0751 e. The second-order valence-corrected chi connectivity index (χ2v) is 16.0. The molecule has 232 valence electrons. The number of hydrogen-bond donors (Lipinski definition) is 0. The van der Waals surface area contributed by atoms with Gasteiger partial charge in [-0.3, -0.25) is 0 Å². The molecule has 0 radical (unpaired) electrons. The topological polar surface area (TPSA) is 0 Å². The van der Waals surface area contributed by atoms with Gasteiger partial charge in [-0.1, -0.05) is 183 Å². The van der Waals surface area contributed by atoms with E-state index in [2.05, 4.69) is 183 Å². The highest BCUT2D eigenvalue weighted by atomic mass is 14.5. The predicted octanol–water partition coefficient (Wildman–Crippen LogP) is 12.3. The van der Waals surface area contributed by atoms with Crippen molar-refractivity contribution in [1.82, 2.24) is 0 Å². The van der Waals surface area contributed by atoms with Crippen LogP contribution in [0.25, 0.3) is 17.2 Å². The highest BCUT2D eigenvalue weighted by Gasteiger charge is 2.53. The Balaban J connectivity index is 1.62. The van der Waals surface area contributed by atoms with Gasteiger partial charge in [0, 0.05) is 17.3 Å². The fraction of sp³-hybridized carbons (Fsp3) is 0.304. The van der Waals surface area contributed by atoms with Crippen molar-refractivity contribution in [1.29, 1.82) is 0 Å². The monoisotopic (exact) mass is 600 g/mol. The highest BCUT2D eigenvalue weighted by molar-refractivity contribution is 5.83. The average Bonchev–Trinajstić information content (AvgIpc) is 3.61. The van der Waals surface area contributed by atoms with Crippen molar-refractivity contribution in [2.24, 2.45) is 0 Å². The van der Waals surface area contributed by atoms with E-state index in [1.165, 1.54) is 61.2 Å². The van der Waals surface area contributed by atoms with Crippen LogP contribution >= 0.6 is 0 Å². The lowest BCUT2D eigenvalue weighted by Gasteiger charge is -2.46. The molecule has 0 nitrogen and oxygen atoms in total. The van der Waals surface area contributed by atoms with E-state index in [-0.39, 0.29) is 22.7 Å².